The maximum absolute atomic E-state index is 12.6. The van der Waals surface area contributed by atoms with Crippen LogP contribution < -0.4 is 5.43 Å². The van der Waals surface area contributed by atoms with Gasteiger partial charge in [-0.05, 0) is 55.8 Å². The predicted molar refractivity (Wildman–Crippen MR) is 102 cm³/mol. The van der Waals surface area contributed by atoms with Crippen molar-refractivity contribution in [3.63, 3.8) is 0 Å². The molecule has 2 N–H and O–H groups in total. The van der Waals surface area contributed by atoms with E-state index in [-0.39, 0.29) is 5.91 Å². The maximum atomic E-state index is 12.6. The second-order valence-corrected chi connectivity index (χ2v) is 6.53. The molecule has 0 unspecified atom stereocenters. The van der Waals surface area contributed by atoms with Crippen molar-refractivity contribution < 1.29 is 4.79 Å². The molecule has 0 radical (unpaired) electrons. The third kappa shape index (κ3) is 2.67. The zero-order valence-corrected chi connectivity index (χ0v) is 14.8. The molecule has 0 aliphatic carbocycles. The van der Waals surface area contributed by atoms with Gasteiger partial charge in [-0.2, -0.15) is 0 Å². The quantitative estimate of drug-likeness (QED) is 0.763. The molecule has 4 rings (SSSR count). The number of carbonyl (C=O) groups is 1. The molecular formula is C21H20N4O. The Bertz CT molecular complexity index is 982. The first-order chi connectivity index (χ1) is 12.5. The van der Waals surface area contributed by atoms with Crippen LogP contribution >= 0.6 is 0 Å². The number of carbonyl (C=O) groups excluding carboxylic acids is 1. The lowest BCUT2D eigenvalue weighted by atomic mass is 10.1. The molecule has 0 bridgehead atoms. The van der Waals surface area contributed by atoms with Crippen molar-refractivity contribution in [3.05, 3.63) is 88.7 Å². The number of amides is 1. The molecule has 130 valence electrons. The summed E-state index contributed by atoms with van der Waals surface area (Å²) in [7, 11) is 0. The number of fused-ring (bicyclic) bond motifs is 1. The molecule has 0 atom stereocenters. The molecule has 1 aromatic heterocycles. The summed E-state index contributed by atoms with van der Waals surface area (Å²) in [5, 5.41) is 9.81. The highest BCUT2D eigenvalue weighted by molar-refractivity contribution is 6.03. The van der Waals surface area contributed by atoms with Gasteiger partial charge in [0.1, 0.15) is 5.84 Å². The molecular weight excluding hydrogens is 324 g/mol. The van der Waals surface area contributed by atoms with E-state index in [2.05, 4.69) is 36.0 Å². The Morgan fingerprint density at radius 3 is 2.27 bits per heavy atom. The maximum Gasteiger partial charge on any atom is 0.269 e. The molecule has 0 fully saturated rings. The van der Waals surface area contributed by atoms with Crippen LogP contribution in [0.5, 0.6) is 0 Å². The van der Waals surface area contributed by atoms with E-state index in [1.807, 2.05) is 48.5 Å². The Morgan fingerprint density at radius 2 is 1.62 bits per heavy atom. The number of amidine groups is 1. The molecule has 0 saturated heterocycles. The molecule has 1 aliphatic heterocycles. The van der Waals surface area contributed by atoms with Gasteiger partial charge >= 0.3 is 0 Å². The third-order valence-electron chi connectivity index (χ3n) is 4.77. The average Bonchev–Trinajstić information content (AvgIpc) is 3.15. The number of hydrogen-bond donors (Lipinski definition) is 2. The lowest BCUT2D eigenvalue weighted by Gasteiger charge is -2.19. The van der Waals surface area contributed by atoms with Gasteiger partial charge in [-0.1, -0.05) is 24.3 Å². The van der Waals surface area contributed by atoms with Crippen LogP contribution in [0.15, 0.2) is 60.7 Å². The minimum absolute atomic E-state index is 0.213. The topological polar surface area (TPSA) is 61.1 Å². The van der Waals surface area contributed by atoms with Crippen molar-refractivity contribution in [2.24, 2.45) is 0 Å². The number of nitrogens with zero attached hydrogens (tertiary/aromatic N) is 2. The van der Waals surface area contributed by atoms with E-state index in [1.54, 1.807) is 5.01 Å². The first-order valence-electron chi connectivity index (χ1n) is 8.55. The number of hydrogen-bond acceptors (Lipinski definition) is 2. The van der Waals surface area contributed by atoms with Crippen molar-refractivity contribution in [1.82, 2.24) is 15.0 Å². The van der Waals surface area contributed by atoms with Crippen LogP contribution in [0.3, 0.4) is 0 Å². The average molecular weight is 344 g/mol. The molecule has 2 aromatic carbocycles. The standard InChI is InChI=1S/C21H20N4O/c1-14-7-8-15(2)25(14)18-11-9-16(10-12-18)21(26)23-24-13-17-5-3-4-6-19(17)20(24)22/h3-12,22H,13H2,1-2H3,(H,23,26). The zero-order valence-electron chi connectivity index (χ0n) is 14.8. The minimum Gasteiger partial charge on any atom is -0.319 e. The van der Waals surface area contributed by atoms with Gasteiger partial charge in [-0.25, -0.2) is 0 Å². The molecule has 5 nitrogen and oxygen atoms in total. The fourth-order valence-corrected chi connectivity index (χ4v) is 3.40. The SMILES string of the molecule is Cc1ccc(C)n1-c1ccc(C(=O)NN2Cc3ccccc3C2=N)cc1. The first kappa shape index (κ1) is 16.1. The van der Waals surface area contributed by atoms with E-state index in [0.29, 0.717) is 17.9 Å². The molecule has 0 spiro atoms. The lowest BCUT2D eigenvalue weighted by Crippen LogP contribution is -2.42. The summed E-state index contributed by atoms with van der Waals surface area (Å²) in [6.45, 7) is 4.63. The lowest BCUT2D eigenvalue weighted by molar-refractivity contribution is 0.0869. The Morgan fingerprint density at radius 1 is 0.962 bits per heavy atom. The molecule has 5 heteroatoms. The largest absolute Gasteiger partial charge is 0.319 e. The summed E-state index contributed by atoms with van der Waals surface area (Å²) in [5.74, 6) is 0.110. The Kier molecular flexibility index (Phi) is 3.84. The molecule has 3 aromatic rings. The Balaban J connectivity index is 1.51. The predicted octanol–water partition coefficient (Wildman–Crippen LogP) is 3.58. The van der Waals surface area contributed by atoms with Gasteiger partial charge in [0, 0.05) is 28.2 Å². The molecule has 2 heterocycles. The van der Waals surface area contributed by atoms with Gasteiger partial charge in [-0.3, -0.25) is 20.6 Å². The van der Waals surface area contributed by atoms with Gasteiger partial charge in [0.2, 0.25) is 0 Å². The second kappa shape index (κ2) is 6.19. The normalized spacial score (nSPS) is 13.0. The second-order valence-electron chi connectivity index (χ2n) is 6.53. The fraction of sp³-hybridized carbons (Fsp3) is 0.143. The summed E-state index contributed by atoms with van der Waals surface area (Å²) in [4.78, 5) is 12.6. The van der Waals surface area contributed by atoms with Crippen LogP contribution in [-0.2, 0) is 6.54 Å². The summed E-state index contributed by atoms with van der Waals surface area (Å²) in [6, 6.07) is 19.4. The highest BCUT2D eigenvalue weighted by atomic mass is 16.2. The van der Waals surface area contributed by atoms with Crippen molar-refractivity contribution >= 4 is 11.7 Å². The van der Waals surface area contributed by atoms with Crippen LogP contribution in [0.1, 0.15) is 32.9 Å². The smallest absolute Gasteiger partial charge is 0.269 e. The van der Waals surface area contributed by atoms with Crippen molar-refractivity contribution in [1.29, 1.82) is 5.41 Å². The van der Waals surface area contributed by atoms with Crippen molar-refractivity contribution in [2.75, 3.05) is 0 Å². The van der Waals surface area contributed by atoms with Crippen LogP contribution in [-0.4, -0.2) is 21.3 Å². The van der Waals surface area contributed by atoms with E-state index in [4.69, 9.17) is 5.41 Å². The highest BCUT2D eigenvalue weighted by Gasteiger charge is 2.25. The first-order valence-corrected chi connectivity index (χ1v) is 8.55. The molecule has 1 amide bonds. The van der Waals surface area contributed by atoms with Crippen LogP contribution in [0.2, 0.25) is 0 Å². The van der Waals surface area contributed by atoms with Gasteiger partial charge < -0.3 is 4.57 Å². The van der Waals surface area contributed by atoms with Gasteiger partial charge in [0.05, 0.1) is 6.54 Å². The van der Waals surface area contributed by atoms with Gasteiger partial charge in [0.25, 0.3) is 5.91 Å². The number of benzene rings is 2. The molecule has 0 saturated carbocycles. The summed E-state index contributed by atoms with van der Waals surface area (Å²) in [6.07, 6.45) is 0. The monoisotopic (exact) mass is 344 g/mol. The number of rotatable bonds is 3. The fourth-order valence-electron chi connectivity index (χ4n) is 3.40. The summed E-state index contributed by atoms with van der Waals surface area (Å²) < 4.78 is 2.15. The van der Waals surface area contributed by atoms with Gasteiger partial charge in [0.15, 0.2) is 0 Å². The third-order valence-corrected chi connectivity index (χ3v) is 4.77. The van der Waals surface area contributed by atoms with Crippen LogP contribution in [0.25, 0.3) is 5.69 Å². The molecule has 26 heavy (non-hydrogen) atoms. The summed E-state index contributed by atoms with van der Waals surface area (Å²) >= 11 is 0. The number of nitrogens with one attached hydrogen (secondary N) is 2. The van der Waals surface area contributed by atoms with Crippen LogP contribution in [0.4, 0.5) is 0 Å². The minimum atomic E-state index is -0.213. The van der Waals surface area contributed by atoms with E-state index in [0.717, 1.165) is 28.2 Å². The Labute approximate surface area is 152 Å². The number of aromatic nitrogens is 1. The Hall–Kier alpha value is -3.34. The van der Waals surface area contributed by atoms with Crippen molar-refractivity contribution in [2.45, 2.75) is 20.4 Å². The number of hydrazine groups is 1. The number of aryl methyl sites for hydroxylation is 2. The van der Waals surface area contributed by atoms with E-state index in [9.17, 15) is 4.79 Å². The van der Waals surface area contributed by atoms with Crippen LogP contribution in [0, 0.1) is 19.3 Å². The van der Waals surface area contributed by atoms with E-state index < -0.39 is 0 Å². The van der Waals surface area contributed by atoms with Gasteiger partial charge in [-0.15, -0.1) is 0 Å². The van der Waals surface area contributed by atoms with Crippen molar-refractivity contribution in [3.8, 4) is 5.69 Å². The molecule has 1 aliphatic rings. The van der Waals surface area contributed by atoms with E-state index >= 15 is 0 Å². The van der Waals surface area contributed by atoms with E-state index in [1.165, 1.54) is 0 Å². The highest BCUT2D eigenvalue weighted by Crippen LogP contribution is 2.21. The summed E-state index contributed by atoms with van der Waals surface area (Å²) in [5.41, 5.74) is 8.65. The zero-order chi connectivity index (χ0) is 18.3.